The van der Waals surface area contributed by atoms with E-state index in [0.717, 1.165) is 82.7 Å². The molecular weight excluding hydrogens is 635 g/mol. The zero-order chi connectivity index (χ0) is 35.8. The van der Waals surface area contributed by atoms with Gasteiger partial charge in [-0.05, 0) is 117 Å². The number of amides is 2. The molecule has 1 aromatic carbocycles. The summed E-state index contributed by atoms with van der Waals surface area (Å²) in [4.78, 5) is 40.0. The molecule has 9 unspecified atom stereocenters. The number of piperidine rings is 1. The number of nitrogens with one attached hydrogen (secondary N) is 2. The molecule has 7 heteroatoms. The Bertz CT molecular complexity index is 1460. The van der Waals surface area contributed by atoms with Gasteiger partial charge >= 0.3 is 0 Å². The number of allylic oxidation sites excluding steroid dienone is 1. The average molecular weight is 700 g/mol. The van der Waals surface area contributed by atoms with Crippen LogP contribution in [-0.2, 0) is 25.5 Å². The fourth-order valence-electron chi connectivity index (χ4n) is 12.4. The standard InChI is InChI=1S/C44H65N3O4/c1-29-25-39-42(47(28-29)24-23-46-40(49)13-9-6-10-22-45-41(50)17-14-32-11-7-5-8-12-32)31(3)44(51-39)21-19-35-36-16-15-33-26-34(48)18-20-43(33,4)38(36)27-37(35)30(44)2/h5,7-8,11-12,29,31,33,35-36,38-39,42H,6,9-10,13-28H2,1-4H3,(H,45,50)(H,46,49)/t29?,31?,33?,35?,36?,38?,39-,42?,43?,44?/m1/s1. The summed E-state index contributed by atoms with van der Waals surface area (Å²) in [6.45, 7) is 13.1. The van der Waals surface area contributed by atoms with E-state index >= 15 is 0 Å². The van der Waals surface area contributed by atoms with Gasteiger partial charge in [0.05, 0.1) is 11.7 Å². The number of hydrogen-bond donors (Lipinski definition) is 2. The van der Waals surface area contributed by atoms with Gasteiger partial charge in [-0.25, -0.2) is 0 Å². The van der Waals surface area contributed by atoms with Gasteiger partial charge in [0, 0.05) is 63.8 Å². The predicted octanol–water partition coefficient (Wildman–Crippen LogP) is 7.43. The molecule has 2 saturated heterocycles. The largest absolute Gasteiger partial charge is 0.365 e. The second kappa shape index (κ2) is 15.5. The lowest BCUT2D eigenvalue weighted by molar-refractivity contribution is -0.129. The fraction of sp³-hybridized carbons (Fsp3) is 0.750. The first-order valence-electron chi connectivity index (χ1n) is 20.8. The molecule has 7 rings (SSSR count). The molecule has 1 aromatic rings. The van der Waals surface area contributed by atoms with Gasteiger partial charge in [-0.1, -0.05) is 63.1 Å². The summed E-state index contributed by atoms with van der Waals surface area (Å²) in [7, 11) is 0. The van der Waals surface area contributed by atoms with E-state index in [1.54, 1.807) is 11.1 Å². The second-order valence-electron chi connectivity index (χ2n) is 17.9. The molecule has 0 aromatic heterocycles. The van der Waals surface area contributed by atoms with E-state index in [1.807, 2.05) is 18.2 Å². The number of unbranched alkanes of at least 4 members (excludes halogenated alkanes) is 2. The zero-order valence-electron chi connectivity index (χ0n) is 32.0. The fourth-order valence-corrected chi connectivity index (χ4v) is 12.4. The van der Waals surface area contributed by atoms with Gasteiger partial charge in [0.15, 0.2) is 0 Å². The van der Waals surface area contributed by atoms with Crippen molar-refractivity contribution in [3.8, 4) is 0 Å². The number of Topliss-reactive ketones (excluding diaryl/α,β-unsaturated/α-hetero) is 1. The highest BCUT2D eigenvalue weighted by atomic mass is 16.5. The zero-order valence-corrected chi connectivity index (χ0v) is 32.0. The number of fused-ring (bicyclic) bond motifs is 6. The van der Waals surface area contributed by atoms with Crippen molar-refractivity contribution in [1.29, 1.82) is 0 Å². The van der Waals surface area contributed by atoms with Crippen molar-refractivity contribution in [2.45, 2.75) is 142 Å². The minimum atomic E-state index is -0.162. The molecule has 3 saturated carbocycles. The predicted molar refractivity (Wildman–Crippen MR) is 202 cm³/mol. The number of aryl methyl sites for hydroxylation is 1. The van der Waals surface area contributed by atoms with Crippen LogP contribution in [0.5, 0.6) is 0 Å². The summed E-state index contributed by atoms with van der Waals surface area (Å²) < 4.78 is 7.33. The van der Waals surface area contributed by atoms with Crippen LogP contribution >= 0.6 is 0 Å². The number of carbonyl (C=O) groups excluding carboxylic acids is 3. The van der Waals surface area contributed by atoms with Gasteiger partial charge in [-0.15, -0.1) is 0 Å². The van der Waals surface area contributed by atoms with Crippen molar-refractivity contribution in [2.24, 2.45) is 40.9 Å². The SMILES string of the molecule is CC1=C2CC3C(CCC4CC(=O)CCC43C)C2CCC12O[C@@H]1CC(C)CN(CCNC(=O)CCCCCNC(=O)CCc3ccccc3)C1C2C. The van der Waals surface area contributed by atoms with Gasteiger partial charge in [0.2, 0.25) is 11.8 Å². The van der Waals surface area contributed by atoms with Crippen LogP contribution in [0.2, 0.25) is 0 Å². The Morgan fingerprint density at radius 3 is 2.55 bits per heavy atom. The van der Waals surface area contributed by atoms with E-state index in [2.05, 4.69) is 55.4 Å². The van der Waals surface area contributed by atoms with Crippen LogP contribution in [0.25, 0.3) is 0 Å². The highest BCUT2D eigenvalue weighted by Crippen LogP contribution is 2.66. The first-order valence-corrected chi connectivity index (χ1v) is 20.8. The molecule has 2 aliphatic heterocycles. The lowest BCUT2D eigenvalue weighted by atomic mass is 9.52. The molecule has 6 aliphatic rings. The molecule has 5 fully saturated rings. The third-order valence-corrected chi connectivity index (χ3v) is 15.1. The lowest BCUT2D eigenvalue weighted by Crippen LogP contribution is -2.54. The van der Waals surface area contributed by atoms with E-state index < -0.39 is 0 Å². The molecule has 7 nitrogen and oxygen atoms in total. The molecule has 1 spiro atoms. The van der Waals surface area contributed by atoms with E-state index in [4.69, 9.17) is 4.74 Å². The van der Waals surface area contributed by atoms with Crippen LogP contribution in [0.3, 0.4) is 0 Å². The molecule has 2 amide bonds. The Hall–Kier alpha value is -2.51. The van der Waals surface area contributed by atoms with Crippen LogP contribution in [-0.4, -0.2) is 66.4 Å². The topological polar surface area (TPSA) is 87.7 Å². The number of likely N-dealkylation sites (tertiary alicyclic amines) is 1. The Morgan fingerprint density at radius 1 is 0.941 bits per heavy atom. The number of carbonyl (C=O) groups is 3. The van der Waals surface area contributed by atoms with Crippen molar-refractivity contribution < 1.29 is 19.1 Å². The molecular formula is C44H65N3O4. The molecule has 0 radical (unpaired) electrons. The molecule has 2 heterocycles. The molecule has 10 atom stereocenters. The van der Waals surface area contributed by atoms with Gasteiger partial charge < -0.3 is 15.4 Å². The van der Waals surface area contributed by atoms with Crippen LogP contribution < -0.4 is 10.6 Å². The molecule has 280 valence electrons. The van der Waals surface area contributed by atoms with Gasteiger partial charge in [-0.3, -0.25) is 19.3 Å². The summed E-state index contributed by atoms with van der Waals surface area (Å²) in [5.74, 6) is 4.55. The number of nitrogens with zero attached hydrogens (tertiary/aromatic N) is 1. The summed E-state index contributed by atoms with van der Waals surface area (Å²) in [6, 6.07) is 10.5. The number of benzene rings is 1. The van der Waals surface area contributed by atoms with Gasteiger partial charge in [0.1, 0.15) is 5.78 Å². The van der Waals surface area contributed by atoms with E-state index in [0.29, 0.717) is 66.8 Å². The Morgan fingerprint density at radius 2 is 1.73 bits per heavy atom. The average Bonchev–Trinajstić information content (AvgIpc) is 3.64. The van der Waals surface area contributed by atoms with E-state index in [1.165, 1.54) is 31.2 Å². The molecule has 51 heavy (non-hydrogen) atoms. The minimum absolute atomic E-state index is 0.0981. The van der Waals surface area contributed by atoms with Crippen molar-refractivity contribution in [1.82, 2.24) is 15.5 Å². The summed E-state index contributed by atoms with van der Waals surface area (Å²) >= 11 is 0. The highest BCUT2D eigenvalue weighted by Gasteiger charge is 2.62. The number of ketones is 1. The molecule has 0 bridgehead atoms. The smallest absolute Gasteiger partial charge is 0.220 e. The van der Waals surface area contributed by atoms with E-state index in [-0.39, 0.29) is 23.5 Å². The molecule has 4 aliphatic carbocycles. The lowest BCUT2D eigenvalue weighted by Gasteiger charge is -2.52. The first kappa shape index (κ1) is 36.8. The number of hydrogen-bond acceptors (Lipinski definition) is 5. The quantitative estimate of drug-likeness (QED) is 0.175. The van der Waals surface area contributed by atoms with Crippen LogP contribution in [0.1, 0.15) is 123 Å². The van der Waals surface area contributed by atoms with Crippen LogP contribution in [0, 0.1) is 40.9 Å². The van der Waals surface area contributed by atoms with Crippen molar-refractivity contribution in [3.05, 3.63) is 47.0 Å². The van der Waals surface area contributed by atoms with Gasteiger partial charge in [0.25, 0.3) is 0 Å². The number of rotatable bonds is 12. The third-order valence-electron chi connectivity index (χ3n) is 15.1. The minimum Gasteiger partial charge on any atom is -0.365 e. The Kier molecular flexibility index (Phi) is 11.2. The normalized spacial score (nSPS) is 37.5. The van der Waals surface area contributed by atoms with Crippen LogP contribution in [0.4, 0.5) is 0 Å². The summed E-state index contributed by atoms with van der Waals surface area (Å²) in [6.07, 6.45) is 14.7. The second-order valence-corrected chi connectivity index (χ2v) is 17.9. The number of ether oxygens (including phenoxy) is 1. The van der Waals surface area contributed by atoms with Crippen molar-refractivity contribution in [2.75, 3.05) is 26.2 Å². The van der Waals surface area contributed by atoms with Crippen LogP contribution in [0.15, 0.2) is 41.5 Å². The van der Waals surface area contributed by atoms with Crippen molar-refractivity contribution in [3.63, 3.8) is 0 Å². The maximum atomic E-state index is 12.8. The summed E-state index contributed by atoms with van der Waals surface area (Å²) in [5.41, 5.74) is 4.65. The Balaban J connectivity index is 0.879. The third kappa shape index (κ3) is 7.37. The monoisotopic (exact) mass is 699 g/mol. The first-order chi connectivity index (χ1) is 24.6. The van der Waals surface area contributed by atoms with E-state index in [9.17, 15) is 14.4 Å². The Labute approximate surface area is 307 Å². The van der Waals surface area contributed by atoms with Crippen molar-refractivity contribution >= 4 is 17.6 Å². The maximum Gasteiger partial charge on any atom is 0.220 e. The summed E-state index contributed by atoms with van der Waals surface area (Å²) in [5, 5.41) is 6.26. The van der Waals surface area contributed by atoms with Gasteiger partial charge in [-0.2, -0.15) is 0 Å². The highest BCUT2D eigenvalue weighted by molar-refractivity contribution is 5.79. The molecule has 2 N–H and O–H groups in total. The maximum absolute atomic E-state index is 12.8.